The zero-order valence-corrected chi connectivity index (χ0v) is 10.9. The summed E-state index contributed by atoms with van der Waals surface area (Å²) < 4.78 is 5.03. The SMILES string of the molecule is CNCC(C)C(=O)Nc1ccc2oc(=O)ccc2c1. The summed E-state index contributed by atoms with van der Waals surface area (Å²) in [4.78, 5) is 22.9. The third-order valence-electron chi connectivity index (χ3n) is 2.84. The van der Waals surface area contributed by atoms with E-state index in [9.17, 15) is 9.59 Å². The fraction of sp³-hybridized carbons (Fsp3) is 0.286. The quantitative estimate of drug-likeness (QED) is 0.819. The number of carbonyl (C=O) groups is 1. The molecule has 0 aliphatic heterocycles. The summed E-state index contributed by atoms with van der Waals surface area (Å²) in [5, 5.41) is 6.57. The fourth-order valence-electron chi connectivity index (χ4n) is 1.81. The number of amides is 1. The van der Waals surface area contributed by atoms with Gasteiger partial charge in [0.1, 0.15) is 5.58 Å². The van der Waals surface area contributed by atoms with Crippen LogP contribution in [0.5, 0.6) is 0 Å². The predicted molar refractivity (Wildman–Crippen MR) is 74.2 cm³/mol. The number of carbonyl (C=O) groups excluding carboxylic acids is 1. The smallest absolute Gasteiger partial charge is 0.336 e. The summed E-state index contributed by atoms with van der Waals surface area (Å²) in [5.41, 5.74) is 0.815. The third kappa shape index (κ3) is 3.20. The topological polar surface area (TPSA) is 71.3 Å². The molecule has 1 atom stereocenters. The van der Waals surface area contributed by atoms with Crippen molar-refractivity contribution in [3.05, 3.63) is 40.8 Å². The lowest BCUT2D eigenvalue weighted by Gasteiger charge is -2.11. The number of anilines is 1. The minimum Gasteiger partial charge on any atom is -0.423 e. The molecule has 0 aliphatic rings. The Bertz CT molecular complexity index is 648. The van der Waals surface area contributed by atoms with Crippen LogP contribution in [0.3, 0.4) is 0 Å². The van der Waals surface area contributed by atoms with Crippen molar-refractivity contribution >= 4 is 22.6 Å². The molecule has 0 spiro atoms. The third-order valence-corrected chi connectivity index (χ3v) is 2.84. The van der Waals surface area contributed by atoms with Gasteiger partial charge < -0.3 is 15.1 Å². The highest BCUT2D eigenvalue weighted by atomic mass is 16.4. The summed E-state index contributed by atoms with van der Waals surface area (Å²) in [5.74, 6) is -0.166. The van der Waals surface area contributed by atoms with Crippen LogP contribution in [-0.4, -0.2) is 19.5 Å². The minimum atomic E-state index is -0.382. The molecule has 1 aromatic heterocycles. The van der Waals surface area contributed by atoms with Crippen LogP contribution in [-0.2, 0) is 4.79 Å². The van der Waals surface area contributed by atoms with Crippen LogP contribution in [0, 0.1) is 5.92 Å². The van der Waals surface area contributed by atoms with Gasteiger partial charge in [0.2, 0.25) is 5.91 Å². The fourth-order valence-corrected chi connectivity index (χ4v) is 1.81. The van der Waals surface area contributed by atoms with E-state index in [4.69, 9.17) is 4.42 Å². The molecule has 2 rings (SSSR count). The second-order valence-corrected chi connectivity index (χ2v) is 4.46. The summed E-state index contributed by atoms with van der Waals surface area (Å²) in [7, 11) is 1.81. The molecular weight excluding hydrogens is 244 g/mol. The van der Waals surface area contributed by atoms with Crippen LogP contribution in [0.15, 0.2) is 39.5 Å². The first kappa shape index (κ1) is 13.3. The van der Waals surface area contributed by atoms with Gasteiger partial charge in [-0.25, -0.2) is 4.79 Å². The molecule has 0 aliphatic carbocycles. The highest BCUT2D eigenvalue weighted by Gasteiger charge is 2.12. The van der Waals surface area contributed by atoms with Gasteiger partial charge in [-0.2, -0.15) is 0 Å². The van der Waals surface area contributed by atoms with Gasteiger partial charge in [-0.3, -0.25) is 4.79 Å². The van der Waals surface area contributed by atoms with E-state index in [0.29, 0.717) is 17.8 Å². The molecule has 2 N–H and O–H groups in total. The Morgan fingerprint density at radius 3 is 2.84 bits per heavy atom. The van der Waals surface area contributed by atoms with E-state index >= 15 is 0 Å². The molecule has 0 saturated carbocycles. The largest absolute Gasteiger partial charge is 0.423 e. The van der Waals surface area contributed by atoms with Gasteiger partial charge >= 0.3 is 5.63 Å². The molecule has 5 nitrogen and oxygen atoms in total. The highest BCUT2D eigenvalue weighted by Crippen LogP contribution is 2.18. The van der Waals surface area contributed by atoms with Crippen molar-refractivity contribution in [3.8, 4) is 0 Å². The first-order valence-corrected chi connectivity index (χ1v) is 6.09. The summed E-state index contributed by atoms with van der Waals surface area (Å²) in [6.45, 7) is 2.47. The molecule has 0 radical (unpaired) electrons. The second-order valence-electron chi connectivity index (χ2n) is 4.46. The molecule has 19 heavy (non-hydrogen) atoms. The monoisotopic (exact) mass is 260 g/mol. The number of fused-ring (bicyclic) bond motifs is 1. The number of hydrogen-bond acceptors (Lipinski definition) is 4. The Labute approximate surface area is 110 Å². The molecule has 2 aromatic rings. The Morgan fingerprint density at radius 1 is 1.32 bits per heavy atom. The van der Waals surface area contributed by atoms with Crippen LogP contribution in [0.4, 0.5) is 5.69 Å². The zero-order valence-electron chi connectivity index (χ0n) is 10.9. The van der Waals surface area contributed by atoms with E-state index in [1.165, 1.54) is 6.07 Å². The maximum Gasteiger partial charge on any atom is 0.336 e. The summed E-state index contributed by atoms with van der Waals surface area (Å²) >= 11 is 0. The molecule has 100 valence electrons. The highest BCUT2D eigenvalue weighted by molar-refractivity contribution is 5.94. The van der Waals surface area contributed by atoms with E-state index in [0.717, 1.165) is 5.39 Å². The van der Waals surface area contributed by atoms with Gasteiger partial charge in [0.15, 0.2) is 0 Å². The number of hydrogen-bond donors (Lipinski definition) is 2. The Kier molecular flexibility index (Phi) is 3.97. The van der Waals surface area contributed by atoms with Gasteiger partial charge in [-0.05, 0) is 31.3 Å². The van der Waals surface area contributed by atoms with Gasteiger partial charge in [0, 0.05) is 29.6 Å². The lowest BCUT2D eigenvalue weighted by Crippen LogP contribution is -2.28. The van der Waals surface area contributed by atoms with Crippen molar-refractivity contribution < 1.29 is 9.21 Å². The van der Waals surface area contributed by atoms with Crippen molar-refractivity contribution in [2.75, 3.05) is 18.9 Å². The van der Waals surface area contributed by atoms with Crippen LogP contribution in [0.2, 0.25) is 0 Å². The molecule has 0 bridgehead atoms. The van der Waals surface area contributed by atoms with E-state index < -0.39 is 0 Å². The predicted octanol–water partition coefficient (Wildman–Crippen LogP) is 1.59. The van der Waals surface area contributed by atoms with Crippen molar-refractivity contribution in [2.45, 2.75) is 6.92 Å². The van der Waals surface area contributed by atoms with Gasteiger partial charge in [-0.1, -0.05) is 6.92 Å². The molecule has 5 heteroatoms. The van der Waals surface area contributed by atoms with Crippen LogP contribution >= 0.6 is 0 Å². The van der Waals surface area contributed by atoms with Crippen LogP contribution < -0.4 is 16.3 Å². The first-order chi connectivity index (χ1) is 9.10. The normalized spacial score (nSPS) is 12.3. The second kappa shape index (κ2) is 5.67. The first-order valence-electron chi connectivity index (χ1n) is 6.09. The van der Waals surface area contributed by atoms with Gasteiger partial charge in [0.25, 0.3) is 0 Å². The van der Waals surface area contributed by atoms with Crippen LogP contribution in [0.25, 0.3) is 11.0 Å². The average Bonchev–Trinajstić information content (AvgIpc) is 2.39. The van der Waals surface area contributed by atoms with Crippen molar-refractivity contribution in [2.24, 2.45) is 5.92 Å². The maximum atomic E-state index is 11.9. The number of rotatable bonds is 4. The summed E-state index contributed by atoms with van der Waals surface area (Å²) in [6.07, 6.45) is 0. The van der Waals surface area contributed by atoms with Gasteiger partial charge in [0.05, 0.1) is 0 Å². The van der Waals surface area contributed by atoms with E-state index in [-0.39, 0.29) is 17.5 Å². The molecule has 1 unspecified atom stereocenters. The molecule has 0 saturated heterocycles. The van der Waals surface area contributed by atoms with Crippen LogP contribution in [0.1, 0.15) is 6.92 Å². The number of nitrogens with one attached hydrogen (secondary N) is 2. The van der Waals surface area contributed by atoms with Gasteiger partial charge in [-0.15, -0.1) is 0 Å². The molecule has 1 aromatic carbocycles. The Hall–Kier alpha value is -2.14. The molecule has 1 heterocycles. The molecular formula is C14H16N2O3. The lowest BCUT2D eigenvalue weighted by atomic mass is 10.1. The average molecular weight is 260 g/mol. The van der Waals surface area contributed by atoms with E-state index in [1.54, 1.807) is 24.3 Å². The molecule has 1 amide bonds. The number of benzene rings is 1. The molecule has 0 fully saturated rings. The summed E-state index contributed by atoms with van der Waals surface area (Å²) in [6, 6.07) is 8.21. The Balaban J connectivity index is 2.20. The van der Waals surface area contributed by atoms with E-state index in [1.807, 2.05) is 14.0 Å². The standard InChI is InChI=1S/C14H16N2O3/c1-9(8-15-2)14(18)16-11-4-5-12-10(7-11)3-6-13(17)19-12/h3-7,9,15H,8H2,1-2H3,(H,16,18). The van der Waals surface area contributed by atoms with E-state index in [2.05, 4.69) is 10.6 Å². The zero-order chi connectivity index (χ0) is 13.8. The minimum absolute atomic E-state index is 0.0499. The van der Waals surface area contributed by atoms with Crippen molar-refractivity contribution in [3.63, 3.8) is 0 Å². The van der Waals surface area contributed by atoms with Crippen molar-refractivity contribution in [1.82, 2.24) is 5.32 Å². The lowest BCUT2D eigenvalue weighted by molar-refractivity contribution is -0.119. The maximum absolute atomic E-state index is 11.9. The van der Waals surface area contributed by atoms with Crippen molar-refractivity contribution in [1.29, 1.82) is 0 Å². The Morgan fingerprint density at radius 2 is 2.11 bits per heavy atom.